The Hall–Kier alpha value is -3.67. The minimum absolute atomic E-state index is 0.0265. The van der Waals surface area contributed by atoms with Gasteiger partial charge in [0.1, 0.15) is 16.9 Å². The summed E-state index contributed by atoms with van der Waals surface area (Å²) in [6.07, 6.45) is 2.28. The molecule has 10 nitrogen and oxygen atoms in total. The summed E-state index contributed by atoms with van der Waals surface area (Å²) >= 11 is 7.93. The molecule has 0 bridgehead atoms. The molecule has 3 amide bonds. The summed E-state index contributed by atoms with van der Waals surface area (Å²) in [6.45, 7) is 17.1. The van der Waals surface area contributed by atoms with Crippen LogP contribution in [0, 0.1) is 26.2 Å². The minimum Gasteiger partial charge on any atom is -0.340 e. The summed E-state index contributed by atoms with van der Waals surface area (Å²) in [5.74, 6) is 0.789. The number of aromatic nitrogens is 3. The molecular formula is C34H40ClN7O3S. The van der Waals surface area contributed by atoms with Gasteiger partial charge in [0.25, 0.3) is 11.8 Å². The molecule has 12 heteroatoms. The van der Waals surface area contributed by atoms with Crippen LogP contribution in [0.15, 0.2) is 40.9 Å². The van der Waals surface area contributed by atoms with Crippen LogP contribution >= 0.6 is 22.9 Å². The van der Waals surface area contributed by atoms with E-state index in [4.69, 9.17) is 16.6 Å². The Morgan fingerprint density at radius 3 is 2.33 bits per heavy atom. The maximum atomic E-state index is 13.9. The van der Waals surface area contributed by atoms with Gasteiger partial charge >= 0.3 is 0 Å². The number of rotatable bonds is 7. The van der Waals surface area contributed by atoms with Gasteiger partial charge in [-0.15, -0.1) is 21.5 Å². The van der Waals surface area contributed by atoms with Gasteiger partial charge < -0.3 is 4.90 Å². The highest BCUT2D eigenvalue weighted by Gasteiger charge is 2.41. The van der Waals surface area contributed by atoms with Crippen LogP contribution in [0.3, 0.4) is 0 Å². The van der Waals surface area contributed by atoms with Crippen LogP contribution < -0.4 is 5.32 Å². The van der Waals surface area contributed by atoms with Crippen LogP contribution in [0.1, 0.15) is 79.8 Å². The zero-order valence-electron chi connectivity index (χ0n) is 27.4. The smallest absolute Gasteiger partial charge is 0.254 e. The van der Waals surface area contributed by atoms with E-state index in [1.807, 2.05) is 49.9 Å². The molecule has 1 saturated heterocycles. The molecule has 1 aromatic carbocycles. The molecule has 1 unspecified atom stereocenters. The second kappa shape index (κ2) is 11.8. The molecule has 0 aliphatic carbocycles. The molecule has 1 atom stereocenters. The van der Waals surface area contributed by atoms with Crippen molar-refractivity contribution in [2.75, 3.05) is 26.2 Å². The Balaban J connectivity index is 1.22. The monoisotopic (exact) mass is 661 g/mol. The molecule has 3 aromatic rings. The van der Waals surface area contributed by atoms with Crippen molar-refractivity contribution in [3.05, 3.63) is 74.2 Å². The first-order chi connectivity index (χ1) is 21.7. The number of nitrogens with zero attached hydrogens (tertiary/aromatic N) is 6. The van der Waals surface area contributed by atoms with E-state index in [1.54, 1.807) is 11.3 Å². The summed E-state index contributed by atoms with van der Waals surface area (Å²) in [4.78, 5) is 48.9. The molecule has 0 spiro atoms. The third kappa shape index (κ3) is 5.84. The van der Waals surface area contributed by atoms with Crippen molar-refractivity contribution in [1.29, 1.82) is 0 Å². The highest BCUT2D eigenvalue weighted by Crippen LogP contribution is 2.41. The topological polar surface area (TPSA) is 113 Å². The molecule has 3 aliphatic heterocycles. The Labute approximate surface area is 278 Å². The van der Waals surface area contributed by atoms with Gasteiger partial charge in [0, 0.05) is 64.4 Å². The number of benzene rings is 1. The molecular weight excluding hydrogens is 622 g/mol. The normalized spacial score (nSPS) is 19.0. The summed E-state index contributed by atoms with van der Waals surface area (Å²) in [5, 5.41) is 13.0. The predicted molar refractivity (Wildman–Crippen MR) is 180 cm³/mol. The Bertz CT molecular complexity index is 1790. The number of fused-ring (bicyclic) bond motifs is 3. The number of carbonyl (C=O) groups is 3. The lowest BCUT2D eigenvalue weighted by atomic mass is 9.74. The Kier molecular flexibility index (Phi) is 8.31. The lowest BCUT2D eigenvalue weighted by Gasteiger charge is -2.47. The maximum absolute atomic E-state index is 13.9. The number of halogens is 1. The Morgan fingerprint density at radius 1 is 1.02 bits per heavy atom. The number of aryl methyl sites for hydroxylation is 2. The van der Waals surface area contributed by atoms with Gasteiger partial charge in [-0.05, 0) is 64.2 Å². The minimum atomic E-state index is -0.512. The molecule has 1 N–H and O–H groups in total. The van der Waals surface area contributed by atoms with Crippen molar-refractivity contribution in [1.82, 2.24) is 29.9 Å². The van der Waals surface area contributed by atoms with Crippen LogP contribution in [-0.2, 0) is 14.4 Å². The number of carbonyl (C=O) groups excluding carboxylic acids is 3. The molecule has 0 saturated carbocycles. The molecule has 2 aromatic heterocycles. The van der Waals surface area contributed by atoms with Crippen molar-refractivity contribution in [2.45, 2.75) is 72.9 Å². The lowest BCUT2D eigenvalue weighted by Crippen LogP contribution is -2.57. The van der Waals surface area contributed by atoms with E-state index >= 15 is 0 Å². The third-order valence-corrected chi connectivity index (χ3v) is 11.0. The SMILES string of the molecule is Cc1sc2c(c1C)C(c1ccc(Cl)cc1)=NC(CC(=O)N1CCN(C(C)(C)CC(C)(C)C3=CC(=O)NC3=O)CC1)c1nnc(C)n1-2. The predicted octanol–water partition coefficient (Wildman–Crippen LogP) is 5.11. The van der Waals surface area contributed by atoms with E-state index < -0.39 is 11.5 Å². The van der Waals surface area contributed by atoms with Gasteiger partial charge in [0.05, 0.1) is 12.1 Å². The van der Waals surface area contributed by atoms with Crippen molar-refractivity contribution in [2.24, 2.45) is 10.4 Å². The van der Waals surface area contributed by atoms with E-state index in [1.165, 1.54) is 11.0 Å². The molecule has 0 radical (unpaired) electrons. The second-order valence-electron chi connectivity index (χ2n) is 13.7. The molecule has 46 heavy (non-hydrogen) atoms. The van der Waals surface area contributed by atoms with Crippen LogP contribution in [0.2, 0.25) is 5.02 Å². The Morgan fingerprint density at radius 2 is 1.70 bits per heavy atom. The molecule has 3 aliphatic rings. The van der Waals surface area contributed by atoms with Gasteiger partial charge in [0.15, 0.2) is 5.82 Å². The lowest BCUT2D eigenvalue weighted by molar-refractivity contribution is -0.134. The van der Waals surface area contributed by atoms with E-state index in [2.05, 4.69) is 52.7 Å². The van der Waals surface area contributed by atoms with Crippen LogP contribution in [-0.4, -0.2) is 79.7 Å². The van der Waals surface area contributed by atoms with Crippen LogP contribution in [0.25, 0.3) is 5.00 Å². The summed E-state index contributed by atoms with van der Waals surface area (Å²) in [7, 11) is 0. The third-order valence-electron chi connectivity index (χ3n) is 9.57. The van der Waals surface area contributed by atoms with Crippen molar-refractivity contribution < 1.29 is 14.4 Å². The van der Waals surface area contributed by atoms with Crippen molar-refractivity contribution >= 4 is 46.4 Å². The number of imide groups is 1. The van der Waals surface area contributed by atoms with E-state index in [0.29, 0.717) is 49.0 Å². The fourth-order valence-corrected chi connectivity index (χ4v) is 8.53. The number of aliphatic imine (C=N–C) groups is 1. The number of thiophene rings is 1. The van der Waals surface area contributed by atoms with Gasteiger partial charge in [-0.3, -0.25) is 34.2 Å². The van der Waals surface area contributed by atoms with E-state index in [0.717, 1.165) is 33.2 Å². The average Bonchev–Trinajstić information content (AvgIpc) is 3.61. The van der Waals surface area contributed by atoms with Crippen molar-refractivity contribution in [3.8, 4) is 5.00 Å². The molecule has 6 rings (SSSR count). The maximum Gasteiger partial charge on any atom is 0.254 e. The van der Waals surface area contributed by atoms with Gasteiger partial charge in [-0.2, -0.15) is 0 Å². The number of amides is 3. The quantitative estimate of drug-likeness (QED) is 0.352. The van der Waals surface area contributed by atoms with E-state index in [-0.39, 0.29) is 29.7 Å². The van der Waals surface area contributed by atoms with Crippen LogP contribution in [0.4, 0.5) is 0 Å². The van der Waals surface area contributed by atoms with E-state index in [9.17, 15) is 14.4 Å². The number of hydrogen-bond acceptors (Lipinski definition) is 8. The van der Waals surface area contributed by atoms with Gasteiger partial charge in [-0.1, -0.05) is 37.6 Å². The van der Waals surface area contributed by atoms with Crippen LogP contribution in [0.5, 0.6) is 0 Å². The number of nitrogens with one attached hydrogen (secondary N) is 1. The highest BCUT2D eigenvalue weighted by atomic mass is 35.5. The van der Waals surface area contributed by atoms with Gasteiger partial charge in [-0.25, -0.2) is 0 Å². The highest BCUT2D eigenvalue weighted by molar-refractivity contribution is 7.15. The zero-order chi connectivity index (χ0) is 33.1. The standard InChI is InChI=1S/C34H40ClN7O3S/c1-19-20(2)46-32-28(19)29(22-8-10-23(35)11-9-22)36-25(30-39-38-21(3)42(30)32)17-27(44)40-12-14-41(15-13-40)34(6,7)18-33(4,5)24-16-26(43)37-31(24)45/h8-11,16,25H,12-15,17-18H2,1-7H3,(H,37,43,45). The number of hydrogen-bond donors (Lipinski definition) is 1. The average molecular weight is 662 g/mol. The first kappa shape index (κ1) is 32.3. The summed E-state index contributed by atoms with van der Waals surface area (Å²) in [5.41, 5.74) is 3.73. The molecule has 5 heterocycles. The summed E-state index contributed by atoms with van der Waals surface area (Å²) < 4.78 is 2.07. The fourth-order valence-electron chi connectivity index (χ4n) is 7.19. The fraction of sp³-hybridized carbons (Fsp3) is 0.471. The largest absolute Gasteiger partial charge is 0.340 e. The molecule has 1 fully saturated rings. The zero-order valence-corrected chi connectivity index (χ0v) is 29.0. The second-order valence-corrected chi connectivity index (χ2v) is 15.4. The molecule has 242 valence electrons. The van der Waals surface area contributed by atoms with Gasteiger partial charge in [0.2, 0.25) is 5.91 Å². The number of piperazine rings is 1. The first-order valence-corrected chi connectivity index (χ1v) is 16.8. The summed E-state index contributed by atoms with van der Waals surface area (Å²) in [6, 6.07) is 7.18. The first-order valence-electron chi connectivity index (χ1n) is 15.6. The van der Waals surface area contributed by atoms with Crippen molar-refractivity contribution in [3.63, 3.8) is 0 Å².